The van der Waals surface area contributed by atoms with Gasteiger partial charge in [0.25, 0.3) is 0 Å². The van der Waals surface area contributed by atoms with E-state index < -0.39 is 0 Å². The van der Waals surface area contributed by atoms with Crippen molar-refractivity contribution in [3.63, 3.8) is 0 Å². The van der Waals surface area contributed by atoms with Gasteiger partial charge in [-0.15, -0.1) is 0 Å². The molecule has 2 N–H and O–H groups in total. The number of rotatable bonds is 7. The van der Waals surface area contributed by atoms with E-state index in [-0.39, 0.29) is 6.04 Å². The van der Waals surface area contributed by atoms with Gasteiger partial charge in [-0.2, -0.15) is 11.8 Å². The Kier molecular flexibility index (Phi) is 6.40. The van der Waals surface area contributed by atoms with Gasteiger partial charge in [-0.3, -0.25) is 0 Å². The van der Waals surface area contributed by atoms with Crippen LogP contribution in [-0.2, 0) is 6.42 Å². The molecule has 1 aromatic rings. The van der Waals surface area contributed by atoms with Crippen molar-refractivity contribution in [2.45, 2.75) is 38.0 Å². The first kappa shape index (κ1) is 16.7. The average molecular weight is 308 g/mol. The van der Waals surface area contributed by atoms with E-state index in [1.807, 2.05) is 17.8 Å². The van der Waals surface area contributed by atoms with Crippen LogP contribution in [-0.4, -0.2) is 42.6 Å². The highest BCUT2D eigenvalue weighted by Gasteiger charge is 2.27. The molecule has 1 aromatic carbocycles. The van der Waals surface area contributed by atoms with Crippen LogP contribution in [0.15, 0.2) is 18.2 Å². The smallest absolute Gasteiger partial charge is 0.119 e. The molecule has 0 heterocycles. The standard InChI is InChI=1S/C17H28N2OS/c1-4-19(5-2)10-11-21-16-9-7-13-6-8-14(20-3)12-15(13)17(16)18/h6,8,12,16-17H,4-5,7,9-11,18H2,1-3H3. The summed E-state index contributed by atoms with van der Waals surface area (Å²) in [4.78, 5) is 2.47. The molecule has 0 radical (unpaired) electrons. The molecule has 0 fully saturated rings. The second kappa shape index (κ2) is 8.06. The van der Waals surface area contributed by atoms with E-state index >= 15 is 0 Å². The van der Waals surface area contributed by atoms with Crippen LogP contribution < -0.4 is 10.5 Å². The zero-order valence-electron chi connectivity index (χ0n) is 13.5. The fourth-order valence-electron chi connectivity index (χ4n) is 2.98. The van der Waals surface area contributed by atoms with Crippen molar-refractivity contribution in [3.05, 3.63) is 29.3 Å². The number of aryl methyl sites for hydroxylation is 1. The third-order valence-electron chi connectivity index (χ3n) is 4.44. The highest BCUT2D eigenvalue weighted by molar-refractivity contribution is 7.99. The predicted octanol–water partition coefficient (Wildman–Crippen LogP) is 3.08. The average Bonchev–Trinajstić information content (AvgIpc) is 2.53. The second-order valence-corrected chi connectivity index (χ2v) is 6.91. The molecular formula is C17H28N2OS. The first-order valence-electron chi connectivity index (χ1n) is 7.95. The van der Waals surface area contributed by atoms with Gasteiger partial charge in [0.1, 0.15) is 5.75 Å². The summed E-state index contributed by atoms with van der Waals surface area (Å²) >= 11 is 2.03. The molecule has 0 amide bonds. The van der Waals surface area contributed by atoms with Crippen LogP contribution in [0.4, 0.5) is 0 Å². The number of fused-ring (bicyclic) bond motifs is 1. The van der Waals surface area contributed by atoms with E-state index in [2.05, 4.69) is 30.9 Å². The normalized spacial score (nSPS) is 21.4. The predicted molar refractivity (Wildman–Crippen MR) is 92.3 cm³/mol. The van der Waals surface area contributed by atoms with E-state index in [1.165, 1.54) is 23.3 Å². The van der Waals surface area contributed by atoms with Crippen molar-refractivity contribution in [1.82, 2.24) is 4.90 Å². The van der Waals surface area contributed by atoms with E-state index in [0.717, 1.165) is 31.8 Å². The van der Waals surface area contributed by atoms with Crippen LogP contribution in [0.1, 0.15) is 37.4 Å². The Morgan fingerprint density at radius 3 is 2.76 bits per heavy atom. The molecular weight excluding hydrogens is 280 g/mol. The van der Waals surface area contributed by atoms with Crippen LogP contribution in [0.3, 0.4) is 0 Å². The Hall–Kier alpha value is -0.710. The molecule has 0 saturated heterocycles. The van der Waals surface area contributed by atoms with Gasteiger partial charge < -0.3 is 15.4 Å². The summed E-state index contributed by atoms with van der Waals surface area (Å²) in [6.07, 6.45) is 2.32. The lowest BCUT2D eigenvalue weighted by molar-refractivity contribution is 0.323. The maximum atomic E-state index is 6.51. The van der Waals surface area contributed by atoms with Gasteiger partial charge in [0, 0.05) is 23.6 Å². The van der Waals surface area contributed by atoms with Crippen LogP contribution in [0.25, 0.3) is 0 Å². The Bertz CT molecular complexity index is 448. The molecule has 2 atom stereocenters. The number of nitrogens with zero attached hydrogens (tertiary/aromatic N) is 1. The lowest BCUT2D eigenvalue weighted by atomic mass is 9.87. The van der Waals surface area contributed by atoms with E-state index in [0.29, 0.717) is 5.25 Å². The van der Waals surface area contributed by atoms with Gasteiger partial charge in [0.2, 0.25) is 0 Å². The summed E-state index contributed by atoms with van der Waals surface area (Å²) in [5, 5.41) is 0.528. The minimum absolute atomic E-state index is 0.130. The Labute approximate surface area is 133 Å². The summed E-state index contributed by atoms with van der Waals surface area (Å²) in [6, 6.07) is 6.46. The minimum atomic E-state index is 0.130. The summed E-state index contributed by atoms with van der Waals surface area (Å²) in [6.45, 7) is 7.87. The highest BCUT2D eigenvalue weighted by Crippen LogP contribution is 2.37. The fraction of sp³-hybridized carbons (Fsp3) is 0.647. The van der Waals surface area contributed by atoms with Crippen LogP contribution in [0, 0.1) is 0 Å². The van der Waals surface area contributed by atoms with Gasteiger partial charge >= 0.3 is 0 Å². The molecule has 2 rings (SSSR count). The molecule has 0 saturated carbocycles. The SMILES string of the molecule is CCN(CC)CCSC1CCc2ccc(OC)cc2C1N. The summed E-state index contributed by atoms with van der Waals surface area (Å²) < 4.78 is 5.34. The lowest BCUT2D eigenvalue weighted by Gasteiger charge is -2.31. The minimum Gasteiger partial charge on any atom is -0.497 e. The van der Waals surface area contributed by atoms with Gasteiger partial charge in [0.15, 0.2) is 0 Å². The topological polar surface area (TPSA) is 38.5 Å². The van der Waals surface area contributed by atoms with Crippen molar-refractivity contribution in [1.29, 1.82) is 0 Å². The van der Waals surface area contributed by atoms with Gasteiger partial charge in [-0.1, -0.05) is 19.9 Å². The maximum Gasteiger partial charge on any atom is 0.119 e. The first-order chi connectivity index (χ1) is 10.2. The Balaban J connectivity index is 1.94. The van der Waals surface area contributed by atoms with E-state index in [4.69, 9.17) is 10.5 Å². The number of nitrogens with two attached hydrogens (primary N) is 1. The van der Waals surface area contributed by atoms with E-state index in [1.54, 1.807) is 7.11 Å². The van der Waals surface area contributed by atoms with Crippen molar-refractivity contribution in [2.75, 3.05) is 32.5 Å². The number of hydrogen-bond donors (Lipinski definition) is 1. The van der Waals surface area contributed by atoms with Gasteiger partial charge in [-0.25, -0.2) is 0 Å². The van der Waals surface area contributed by atoms with Crippen LogP contribution in [0.5, 0.6) is 5.75 Å². The van der Waals surface area contributed by atoms with Gasteiger partial charge in [0.05, 0.1) is 7.11 Å². The molecule has 1 aliphatic carbocycles. The van der Waals surface area contributed by atoms with Crippen molar-refractivity contribution >= 4 is 11.8 Å². The second-order valence-electron chi connectivity index (χ2n) is 5.57. The third kappa shape index (κ3) is 4.15. The highest BCUT2D eigenvalue weighted by atomic mass is 32.2. The lowest BCUT2D eigenvalue weighted by Crippen LogP contribution is -2.31. The number of benzene rings is 1. The molecule has 4 heteroatoms. The molecule has 0 bridgehead atoms. The number of hydrogen-bond acceptors (Lipinski definition) is 4. The molecule has 2 unspecified atom stereocenters. The largest absolute Gasteiger partial charge is 0.497 e. The molecule has 1 aliphatic rings. The fourth-order valence-corrected chi connectivity index (χ4v) is 4.28. The van der Waals surface area contributed by atoms with Crippen molar-refractivity contribution in [3.8, 4) is 5.75 Å². The van der Waals surface area contributed by atoms with Crippen LogP contribution in [0.2, 0.25) is 0 Å². The Morgan fingerprint density at radius 1 is 1.33 bits per heavy atom. The summed E-state index contributed by atoms with van der Waals surface area (Å²) in [7, 11) is 1.71. The quantitative estimate of drug-likeness (QED) is 0.840. The zero-order chi connectivity index (χ0) is 15.2. The number of methoxy groups -OCH3 is 1. The molecule has 21 heavy (non-hydrogen) atoms. The summed E-state index contributed by atoms with van der Waals surface area (Å²) in [5.41, 5.74) is 9.18. The molecule has 3 nitrogen and oxygen atoms in total. The van der Waals surface area contributed by atoms with E-state index in [9.17, 15) is 0 Å². The summed E-state index contributed by atoms with van der Waals surface area (Å²) in [5.74, 6) is 2.08. The monoisotopic (exact) mass is 308 g/mol. The molecule has 0 aliphatic heterocycles. The number of thioether (sulfide) groups is 1. The number of ether oxygens (including phenoxy) is 1. The van der Waals surface area contributed by atoms with Crippen LogP contribution >= 0.6 is 11.8 Å². The Morgan fingerprint density at radius 2 is 2.10 bits per heavy atom. The van der Waals surface area contributed by atoms with Crippen molar-refractivity contribution < 1.29 is 4.74 Å². The van der Waals surface area contributed by atoms with Gasteiger partial charge in [-0.05, 0) is 49.2 Å². The molecule has 118 valence electrons. The maximum absolute atomic E-state index is 6.51. The van der Waals surface area contributed by atoms with Crippen molar-refractivity contribution in [2.24, 2.45) is 5.73 Å². The third-order valence-corrected chi connectivity index (χ3v) is 5.82. The first-order valence-corrected chi connectivity index (χ1v) is 9.00. The molecule has 0 spiro atoms. The molecule has 0 aromatic heterocycles. The zero-order valence-corrected chi connectivity index (χ0v) is 14.3.